The Balaban J connectivity index is 1.99. The van der Waals surface area contributed by atoms with Crippen molar-refractivity contribution < 1.29 is 22.5 Å². The van der Waals surface area contributed by atoms with Crippen molar-refractivity contribution in [2.45, 2.75) is 13.3 Å². The van der Waals surface area contributed by atoms with Gasteiger partial charge in [-0.1, -0.05) is 24.3 Å². The molecule has 0 aromatic heterocycles. The average molecular weight is 393 g/mol. The molecule has 0 bridgehead atoms. The number of para-hydroxylation sites is 1. The molecule has 2 aliphatic heterocycles. The Bertz CT molecular complexity index is 921. The highest BCUT2D eigenvalue weighted by molar-refractivity contribution is 7.85. The summed E-state index contributed by atoms with van der Waals surface area (Å²) >= 11 is 5.10. The average Bonchev–Trinajstić information content (AvgIpc) is 2.87. The van der Waals surface area contributed by atoms with E-state index in [1.807, 2.05) is 30.3 Å². The van der Waals surface area contributed by atoms with Crippen molar-refractivity contribution >= 4 is 45.2 Å². The van der Waals surface area contributed by atoms with Gasteiger partial charge in [-0.05, 0) is 43.3 Å². The van der Waals surface area contributed by atoms with Crippen molar-refractivity contribution in [3.05, 3.63) is 47.4 Å². The predicted octanol–water partition coefficient (Wildman–Crippen LogP) is 1.83. The highest BCUT2D eigenvalue weighted by Gasteiger charge is 2.36. The highest BCUT2D eigenvalue weighted by atomic mass is 32.2. The molecular formula is C17H17N2O5S2-. The zero-order valence-corrected chi connectivity index (χ0v) is 15.7. The lowest BCUT2D eigenvalue weighted by atomic mass is 10.0. The van der Waals surface area contributed by atoms with Crippen LogP contribution >= 0.6 is 12.2 Å². The molecule has 0 spiro atoms. The molecule has 0 atom stereocenters. The molecule has 1 saturated heterocycles. The number of anilines is 1. The predicted molar refractivity (Wildman–Crippen MR) is 100 cm³/mol. The minimum absolute atomic E-state index is 0.0920. The van der Waals surface area contributed by atoms with Gasteiger partial charge in [0.25, 0.3) is 11.1 Å². The van der Waals surface area contributed by atoms with Crippen LogP contribution in [-0.4, -0.2) is 47.8 Å². The number of amides is 1. The third-order valence-electron chi connectivity index (χ3n) is 4.11. The number of benzene rings is 1. The van der Waals surface area contributed by atoms with Crippen LogP contribution in [0, 0.1) is 0 Å². The maximum absolute atomic E-state index is 12.6. The Hall–Kier alpha value is -2.23. The van der Waals surface area contributed by atoms with Gasteiger partial charge in [-0.15, -0.1) is 0 Å². The number of fused-ring (bicyclic) bond motifs is 1. The first-order valence-electron chi connectivity index (χ1n) is 8.08. The van der Waals surface area contributed by atoms with Gasteiger partial charge in [0.15, 0.2) is 0 Å². The Morgan fingerprint density at radius 3 is 2.58 bits per heavy atom. The van der Waals surface area contributed by atoms with Crippen molar-refractivity contribution in [2.75, 3.05) is 23.7 Å². The summed E-state index contributed by atoms with van der Waals surface area (Å²) in [6, 6.07) is 7.50. The normalized spacial score (nSPS) is 19.8. The SMILES string of the molecule is CCN1C(=O)C(=C2C=Cc3ccccc3N2CCCS(=O)(=O)[O-])OC1=S. The fraction of sp³-hybridized carbons (Fsp3) is 0.294. The standard InChI is InChI=1S/C17H18N2O5S2/c1-2-18-16(20)15(24-17(18)25)14-9-8-12-6-3-4-7-13(12)19(14)10-5-11-26(21,22)23/h3-4,6-9H,2,5,10-11H2,1H3,(H,21,22,23)/p-1. The molecule has 26 heavy (non-hydrogen) atoms. The molecule has 1 amide bonds. The van der Waals surface area contributed by atoms with E-state index in [0.717, 1.165) is 11.3 Å². The van der Waals surface area contributed by atoms with E-state index in [2.05, 4.69) is 0 Å². The van der Waals surface area contributed by atoms with E-state index in [1.54, 1.807) is 17.9 Å². The van der Waals surface area contributed by atoms with Gasteiger partial charge in [0.1, 0.15) is 0 Å². The number of thiocarbonyl (C=S) groups is 1. The molecule has 1 fully saturated rings. The van der Waals surface area contributed by atoms with E-state index in [0.29, 0.717) is 12.2 Å². The smallest absolute Gasteiger partial charge is 0.299 e. The van der Waals surface area contributed by atoms with Gasteiger partial charge in [-0.25, -0.2) is 8.42 Å². The topological polar surface area (TPSA) is 90.0 Å². The van der Waals surface area contributed by atoms with Crippen molar-refractivity contribution in [3.8, 4) is 0 Å². The lowest BCUT2D eigenvalue weighted by Gasteiger charge is -2.30. The first-order chi connectivity index (χ1) is 12.3. The van der Waals surface area contributed by atoms with Crippen molar-refractivity contribution in [3.63, 3.8) is 0 Å². The molecule has 7 nitrogen and oxygen atoms in total. The van der Waals surface area contributed by atoms with E-state index in [-0.39, 0.29) is 29.8 Å². The number of likely N-dealkylation sites (N-methyl/N-ethyl adjacent to an activating group) is 1. The van der Waals surface area contributed by atoms with Crippen LogP contribution in [0.15, 0.2) is 41.8 Å². The van der Waals surface area contributed by atoms with Gasteiger partial charge in [-0.3, -0.25) is 9.69 Å². The van der Waals surface area contributed by atoms with E-state index in [9.17, 15) is 17.8 Å². The van der Waals surface area contributed by atoms with Gasteiger partial charge >= 0.3 is 0 Å². The van der Waals surface area contributed by atoms with Gasteiger partial charge < -0.3 is 14.2 Å². The number of hydrogen-bond acceptors (Lipinski definition) is 7. The first kappa shape index (κ1) is 18.6. The summed E-state index contributed by atoms with van der Waals surface area (Å²) in [4.78, 5) is 15.7. The van der Waals surface area contributed by atoms with Crippen molar-refractivity contribution in [1.82, 2.24) is 4.90 Å². The Morgan fingerprint density at radius 1 is 1.19 bits per heavy atom. The summed E-state index contributed by atoms with van der Waals surface area (Å²) in [5.74, 6) is -0.711. The monoisotopic (exact) mass is 393 g/mol. The maximum Gasteiger partial charge on any atom is 0.299 e. The van der Waals surface area contributed by atoms with Crippen LogP contribution in [0.5, 0.6) is 0 Å². The molecule has 2 heterocycles. The van der Waals surface area contributed by atoms with Crippen molar-refractivity contribution in [1.29, 1.82) is 0 Å². The third kappa shape index (κ3) is 3.64. The summed E-state index contributed by atoms with van der Waals surface area (Å²) in [5.41, 5.74) is 2.22. The number of carbonyl (C=O) groups is 1. The number of rotatable bonds is 5. The summed E-state index contributed by atoms with van der Waals surface area (Å²) in [5, 5.41) is 0.0920. The zero-order valence-electron chi connectivity index (χ0n) is 14.0. The van der Waals surface area contributed by atoms with E-state index < -0.39 is 15.9 Å². The molecule has 0 saturated carbocycles. The Morgan fingerprint density at radius 2 is 1.92 bits per heavy atom. The number of carbonyl (C=O) groups excluding carboxylic acids is 1. The molecule has 1 aromatic rings. The molecule has 0 radical (unpaired) electrons. The molecular weight excluding hydrogens is 376 g/mol. The van der Waals surface area contributed by atoms with Crippen LogP contribution in [0.25, 0.3) is 6.08 Å². The van der Waals surface area contributed by atoms with Gasteiger partial charge in [-0.2, -0.15) is 0 Å². The minimum atomic E-state index is -4.31. The summed E-state index contributed by atoms with van der Waals surface area (Å²) < 4.78 is 38.3. The number of ether oxygens (including phenoxy) is 1. The number of nitrogens with zero attached hydrogens (tertiary/aromatic N) is 2. The number of hydrogen-bond donors (Lipinski definition) is 0. The zero-order chi connectivity index (χ0) is 18.9. The quantitative estimate of drug-likeness (QED) is 0.428. The van der Waals surface area contributed by atoms with Crippen LogP contribution in [0.4, 0.5) is 5.69 Å². The second kappa shape index (κ2) is 7.18. The number of allylic oxidation sites excluding steroid dienone is 1. The van der Waals surface area contributed by atoms with E-state index in [1.165, 1.54) is 4.90 Å². The summed E-state index contributed by atoms with van der Waals surface area (Å²) in [6.45, 7) is 2.43. The Labute approximate surface area is 157 Å². The van der Waals surface area contributed by atoms with E-state index >= 15 is 0 Å². The first-order valence-corrected chi connectivity index (χ1v) is 10.1. The van der Waals surface area contributed by atoms with E-state index in [4.69, 9.17) is 17.0 Å². The minimum Gasteiger partial charge on any atom is -0.748 e. The molecule has 3 rings (SSSR count). The molecule has 2 aliphatic rings. The Kier molecular flexibility index (Phi) is 5.12. The maximum atomic E-state index is 12.6. The lowest BCUT2D eigenvalue weighted by Crippen LogP contribution is -2.31. The molecule has 0 aliphatic carbocycles. The lowest BCUT2D eigenvalue weighted by molar-refractivity contribution is -0.122. The van der Waals surface area contributed by atoms with Crippen LogP contribution < -0.4 is 4.90 Å². The van der Waals surface area contributed by atoms with Crippen LogP contribution in [0.1, 0.15) is 18.9 Å². The molecule has 1 aromatic carbocycles. The molecule has 0 unspecified atom stereocenters. The molecule has 9 heteroatoms. The fourth-order valence-corrected chi connectivity index (χ4v) is 3.71. The third-order valence-corrected chi connectivity index (χ3v) is 5.21. The highest BCUT2D eigenvalue weighted by Crippen LogP contribution is 2.34. The second-order valence-electron chi connectivity index (χ2n) is 5.79. The molecule has 138 valence electrons. The van der Waals surface area contributed by atoms with Crippen LogP contribution in [-0.2, 0) is 19.6 Å². The van der Waals surface area contributed by atoms with Crippen molar-refractivity contribution in [2.24, 2.45) is 0 Å². The summed E-state index contributed by atoms with van der Waals surface area (Å²) in [7, 11) is -4.31. The summed E-state index contributed by atoms with van der Waals surface area (Å²) in [6.07, 6.45) is 3.72. The van der Waals surface area contributed by atoms with Gasteiger partial charge in [0, 0.05) is 24.5 Å². The van der Waals surface area contributed by atoms with Gasteiger partial charge in [0.2, 0.25) is 5.76 Å². The molecule has 0 N–H and O–H groups in total. The van der Waals surface area contributed by atoms with Crippen LogP contribution in [0.3, 0.4) is 0 Å². The van der Waals surface area contributed by atoms with Gasteiger partial charge in [0.05, 0.1) is 15.8 Å². The second-order valence-corrected chi connectivity index (χ2v) is 7.66. The van der Waals surface area contributed by atoms with Crippen LogP contribution in [0.2, 0.25) is 0 Å². The largest absolute Gasteiger partial charge is 0.748 e. The fourth-order valence-electron chi connectivity index (χ4n) is 2.93.